The lowest BCUT2D eigenvalue weighted by atomic mass is 9.88. The third kappa shape index (κ3) is 5.70. The molecule has 0 aromatic heterocycles. The Morgan fingerprint density at radius 2 is 1.70 bits per heavy atom. The number of carbonyl (C=O) groups excluding carboxylic acids is 2. The number of hydrogen-bond acceptors (Lipinski definition) is 4. The molecule has 6 nitrogen and oxygen atoms in total. The summed E-state index contributed by atoms with van der Waals surface area (Å²) >= 11 is 0. The maximum atomic E-state index is 12.6. The molecule has 0 radical (unpaired) electrons. The number of nitrogens with one attached hydrogen (secondary N) is 1. The normalized spacial score (nSPS) is 18.9. The monoisotopic (exact) mass is 373 g/mol. The van der Waals surface area contributed by atoms with Gasteiger partial charge in [-0.05, 0) is 30.5 Å². The Bertz CT molecular complexity index is 618. The highest BCUT2D eigenvalue weighted by atomic mass is 16.5. The Hall–Kier alpha value is -2.08. The summed E-state index contributed by atoms with van der Waals surface area (Å²) in [7, 11) is 1.64. The van der Waals surface area contributed by atoms with Crippen molar-refractivity contribution in [3.63, 3.8) is 0 Å². The number of piperazine rings is 1. The van der Waals surface area contributed by atoms with Crippen molar-refractivity contribution in [1.29, 1.82) is 0 Å². The van der Waals surface area contributed by atoms with Gasteiger partial charge in [0, 0.05) is 38.6 Å². The molecule has 0 spiro atoms. The minimum absolute atomic E-state index is 0.0258. The van der Waals surface area contributed by atoms with Gasteiger partial charge in [-0.2, -0.15) is 0 Å². The second-order valence-electron chi connectivity index (χ2n) is 7.56. The molecule has 2 aliphatic rings. The summed E-state index contributed by atoms with van der Waals surface area (Å²) < 4.78 is 5.14. The fourth-order valence-corrected chi connectivity index (χ4v) is 3.94. The largest absolute Gasteiger partial charge is 0.497 e. The van der Waals surface area contributed by atoms with Crippen LogP contribution < -0.4 is 10.1 Å². The Morgan fingerprint density at radius 3 is 2.33 bits per heavy atom. The van der Waals surface area contributed by atoms with Crippen molar-refractivity contribution < 1.29 is 14.3 Å². The van der Waals surface area contributed by atoms with Gasteiger partial charge in [-0.15, -0.1) is 0 Å². The highest BCUT2D eigenvalue weighted by Crippen LogP contribution is 2.25. The predicted octanol–water partition coefficient (Wildman–Crippen LogP) is 2.04. The van der Waals surface area contributed by atoms with Gasteiger partial charge in [0.1, 0.15) is 5.75 Å². The van der Waals surface area contributed by atoms with Gasteiger partial charge in [-0.1, -0.05) is 31.4 Å². The summed E-state index contributed by atoms with van der Waals surface area (Å²) in [5.41, 5.74) is 1.05. The Kier molecular flexibility index (Phi) is 7.10. The molecule has 0 atom stereocenters. The van der Waals surface area contributed by atoms with Gasteiger partial charge < -0.3 is 15.0 Å². The third-order valence-corrected chi connectivity index (χ3v) is 5.65. The molecule has 1 aromatic rings. The van der Waals surface area contributed by atoms with Crippen LogP contribution in [0, 0.1) is 5.92 Å². The average Bonchev–Trinajstić information content (AvgIpc) is 2.73. The molecule has 27 heavy (non-hydrogen) atoms. The number of rotatable bonds is 6. The van der Waals surface area contributed by atoms with Crippen molar-refractivity contribution in [3.05, 3.63) is 29.8 Å². The molecular weight excluding hydrogens is 342 g/mol. The van der Waals surface area contributed by atoms with E-state index in [1.165, 1.54) is 19.3 Å². The van der Waals surface area contributed by atoms with Crippen LogP contribution in [0.2, 0.25) is 0 Å². The first-order valence-corrected chi connectivity index (χ1v) is 10.1. The third-order valence-electron chi connectivity index (χ3n) is 5.65. The topological polar surface area (TPSA) is 61.9 Å². The number of nitrogens with zero attached hydrogens (tertiary/aromatic N) is 2. The zero-order valence-electron chi connectivity index (χ0n) is 16.3. The highest BCUT2D eigenvalue weighted by molar-refractivity contribution is 5.79. The van der Waals surface area contributed by atoms with Gasteiger partial charge in [0.15, 0.2) is 0 Å². The van der Waals surface area contributed by atoms with Gasteiger partial charge >= 0.3 is 0 Å². The molecular formula is C21H31N3O3. The average molecular weight is 373 g/mol. The smallest absolute Gasteiger partial charge is 0.234 e. The Labute approximate surface area is 161 Å². The van der Waals surface area contributed by atoms with Crippen LogP contribution in [-0.4, -0.2) is 61.4 Å². The number of amides is 2. The van der Waals surface area contributed by atoms with E-state index in [-0.39, 0.29) is 11.8 Å². The van der Waals surface area contributed by atoms with E-state index >= 15 is 0 Å². The molecule has 1 aromatic carbocycles. The van der Waals surface area contributed by atoms with Crippen LogP contribution in [0.5, 0.6) is 5.75 Å². The maximum absolute atomic E-state index is 12.6. The van der Waals surface area contributed by atoms with E-state index in [4.69, 9.17) is 4.74 Å². The van der Waals surface area contributed by atoms with Crippen molar-refractivity contribution in [2.45, 2.75) is 38.6 Å². The zero-order valence-corrected chi connectivity index (χ0v) is 16.3. The number of hydrogen-bond donors (Lipinski definition) is 1. The van der Waals surface area contributed by atoms with Crippen molar-refractivity contribution in [3.8, 4) is 5.75 Å². The zero-order chi connectivity index (χ0) is 19.1. The van der Waals surface area contributed by atoms with Gasteiger partial charge in [0.25, 0.3) is 0 Å². The summed E-state index contributed by atoms with van der Waals surface area (Å²) in [5, 5.41) is 2.97. The molecule has 148 valence electrons. The van der Waals surface area contributed by atoms with E-state index < -0.39 is 0 Å². The first-order valence-electron chi connectivity index (χ1n) is 10.1. The lowest BCUT2D eigenvalue weighted by molar-refractivity contribution is -0.138. The molecule has 2 amide bonds. The minimum atomic E-state index is 0.0258. The predicted molar refractivity (Wildman–Crippen MR) is 104 cm³/mol. The second-order valence-corrected chi connectivity index (χ2v) is 7.56. The van der Waals surface area contributed by atoms with E-state index in [2.05, 4.69) is 10.2 Å². The summed E-state index contributed by atoms with van der Waals surface area (Å²) in [5.74, 6) is 1.40. The van der Waals surface area contributed by atoms with Crippen LogP contribution in [0.1, 0.15) is 37.7 Å². The van der Waals surface area contributed by atoms with E-state index in [9.17, 15) is 9.59 Å². The maximum Gasteiger partial charge on any atom is 0.234 e. The molecule has 1 saturated heterocycles. The molecule has 0 bridgehead atoms. The molecule has 1 aliphatic heterocycles. The van der Waals surface area contributed by atoms with Crippen LogP contribution in [-0.2, 0) is 16.1 Å². The second kappa shape index (κ2) is 9.74. The van der Waals surface area contributed by atoms with Crippen LogP contribution >= 0.6 is 0 Å². The van der Waals surface area contributed by atoms with E-state index in [1.807, 2.05) is 29.2 Å². The molecule has 1 N–H and O–H groups in total. The van der Waals surface area contributed by atoms with E-state index in [0.717, 1.165) is 50.3 Å². The number of methoxy groups -OCH3 is 1. The lowest BCUT2D eigenvalue weighted by Crippen LogP contribution is -2.52. The van der Waals surface area contributed by atoms with Gasteiger partial charge in [-0.3, -0.25) is 14.5 Å². The molecule has 1 aliphatic carbocycles. The van der Waals surface area contributed by atoms with Crippen molar-refractivity contribution in [1.82, 2.24) is 15.1 Å². The summed E-state index contributed by atoms with van der Waals surface area (Å²) in [6, 6.07) is 7.69. The van der Waals surface area contributed by atoms with Crippen LogP contribution in [0.25, 0.3) is 0 Å². The summed E-state index contributed by atoms with van der Waals surface area (Å²) in [6.07, 6.45) is 5.73. The van der Waals surface area contributed by atoms with Gasteiger partial charge in [0.05, 0.1) is 13.7 Å². The van der Waals surface area contributed by atoms with Crippen molar-refractivity contribution >= 4 is 11.8 Å². The molecule has 1 heterocycles. The van der Waals surface area contributed by atoms with Crippen LogP contribution in [0.3, 0.4) is 0 Å². The number of benzene rings is 1. The lowest BCUT2D eigenvalue weighted by Gasteiger charge is -2.36. The van der Waals surface area contributed by atoms with Gasteiger partial charge in [-0.25, -0.2) is 0 Å². The van der Waals surface area contributed by atoms with Crippen LogP contribution in [0.15, 0.2) is 24.3 Å². The summed E-state index contributed by atoms with van der Waals surface area (Å²) in [4.78, 5) is 29.0. The minimum Gasteiger partial charge on any atom is -0.497 e. The molecule has 6 heteroatoms. The highest BCUT2D eigenvalue weighted by Gasteiger charge is 2.28. The first kappa shape index (κ1) is 19.7. The molecule has 0 unspecified atom stereocenters. The quantitative estimate of drug-likeness (QED) is 0.829. The fraction of sp³-hybridized carbons (Fsp3) is 0.619. The SMILES string of the molecule is COc1ccc(CNC(=O)CN2CCN(C(=O)C3CCCCC3)CC2)cc1. The van der Waals surface area contributed by atoms with Crippen molar-refractivity contribution in [2.75, 3.05) is 39.8 Å². The molecule has 3 rings (SSSR count). The van der Waals surface area contributed by atoms with Gasteiger partial charge in [0.2, 0.25) is 11.8 Å². The standard InChI is InChI=1S/C21H31N3O3/c1-27-19-9-7-17(8-10-19)15-22-20(25)16-23-11-13-24(14-12-23)21(26)18-5-3-2-4-6-18/h7-10,18H,2-6,11-16H2,1H3,(H,22,25). The first-order chi connectivity index (χ1) is 13.2. The number of ether oxygens (including phenoxy) is 1. The Morgan fingerprint density at radius 1 is 1.04 bits per heavy atom. The Balaban J connectivity index is 1.36. The summed E-state index contributed by atoms with van der Waals surface area (Å²) in [6.45, 7) is 3.93. The van der Waals surface area contributed by atoms with E-state index in [0.29, 0.717) is 19.0 Å². The van der Waals surface area contributed by atoms with Crippen LogP contribution in [0.4, 0.5) is 0 Å². The van der Waals surface area contributed by atoms with Crippen molar-refractivity contribution in [2.24, 2.45) is 5.92 Å². The van der Waals surface area contributed by atoms with E-state index in [1.54, 1.807) is 7.11 Å². The molecule has 1 saturated carbocycles. The number of carbonyl (C=O) groups is 2. The fourth-order valence-electron chi connectivity index (χ4n) is 3.94. The molecule has 2 fully saturated rings.